The summed E-state index contributed by atoms with van der Waals surface area (Å²) < 4.78 is 0. The van der Waals surface area contributed by atoms with Crippen LogP contribution < -0.4 is 5.73 Å². The summed E-state index contributed by atoms with van der Waals surface area (Å²) in [6.45, 7) is 0.304. The van der Waals surface area contributed by atoms with Gasteiger partial charge in [0, 0.05) is 17.5 Å². The summed E-state index contributed by atoms with van der Waals surface area (Å²) in [6.07, 6.45) is 2.00. The van der Waals surface area contributed by atoms with Crippen molar-refractivity contribution in [2.75, 3.05) is 19.8 Å². The van der Waals surface area contributed by atoms with Gasteiger partial charge in [-0.05, 0) is 30.5 Å². The third kappa shape index (κ3) is 3.50. The average molecular weight is 254 g/mol. The number of thioether (sulfide) groups is 1. The van der Waals surface area contributed by atoms with E-state index in [0.29, 0.717) is 17.1 Å². The lowest BCUT2D eigenvalue weighted by Gasteiger charge is -2.16. The van der Waals surface area contributed by atoms with Gasteiger partial charge in [-0.25, -0.2) is 0 Å². The molecule has 0 fully saturated rings. The van der Waals surface area contributed by atoms with Gasteiger partial charge in [0.2, 0.25) is 0 Å². The molecule has 2 N–H and O–H groups in total. The van der Waals surface area contributed by atoms with Crippen LogP contribution in [0.15, 0.2) is 29.2 Å². The predicted molar refractivity (Wildman–Crippen MR) is 72.0 cm³/mol. The second kappa shape index (κ2) is 5.86. The van der Waals surface area contributed by atoms with Crippen LogP contribution in [0.4, 0.5) is 0 Å². The fourth-order valence-corrected chi connectivity index (χ4v) is 1.86. The maximum Gasteiger partial charge on any atom is 0.253 e. The Morgan fingerprint density at radius 2 is 2.00 bits per heavy atom. The van der Waals surface area contributed by atoms with E-state index in [2.05, 4.69) is 0 Å². The molecule has 0 saturated carbocycles. The summed E-state index contributed by atoms with van der Waals surface area (Å²) in [5, 5.41) is 0. The van der Waals surface area contributed by atoms with Crippen LogP contribution in [0.25, 0.3) is 0 Å². The molecule has 0 bridgehead atoms. The lowest BCUT2D eigenvalue weighted by atomic mass is 10.2. The number of carbonyl (C=O) groups excluding carboxylic acids is 1. The van der Waals surface area contributed by atoms with Gasteiger partial charge in [0.25, 0.3) is 5.91 Å². The van der Waals surface area contributed by atoms with Gasteiger partial charge in [0.05, 0.1) is 11.5 Å². The van der Waals surface area contributed by atoms with Gasteiger partial charge in [-0.3, -0.25) is 4.79 Å². The smallest absolute Gasteiger partial charge is 0.253 e. The number of carbonyl (C=O) groups is 1. The summed E-state index contributed by atoms with van der Waals surface area (Å²) in [5.41, 5.74) is 6.04. The molecule has 1 rings (SSSR count). The first kappa shape index (κ1) is 13.0. The highest BCUT2D eigenvalue weighted by Gasteiger charge is 2.11. The number of nitrogens with zero attached hydrogens (tertiary/aromatic N) is 1. The van der Waals surface area contributed by atoms with Gasteiger partial charge < -0.3 is 10.6 Å². The zero-order valence-electron chi connectivity index (χ0n) is 9.27. The molecule has 0 unspecified atom stereocenters. The molecule has 0 heterocycles. The fraction of sp³-hybridized carbons (Fsp3) is 0.273. The van der Waals surface area contributed by atoms with E-state index < -0.39 is 0 Å². The molecule has 0 saturated heterocycles. The van der Waals surface area contributed by atoms with Gasteiger partial charge in [-0.15, -0.1) is 11.8 Å². The van der Waals surface area contributed by atoms with Crippen LogP contribution >= 0.6 is 24.0 Å². The van der Waals surface area contributed by atoms with E-state index >= 15 is 0 Å². The van der Waals surface area contributed by atoms with E-state index in [4.69, 9.17) is 18.0 Å². The number of thiocarbonyl (C=S) groups is 1. The van der Waals surface area contributed by atoms with Crippen LogP contribution in [0.2, 0.25) is 0 Å². The van der Waals surface area contributed by atoms with Crippen molar-refractivity contribution in [1.82, 2.24) is 4.90 Å². The number of rotatable bonds is 4. The number of hydrogen-bond donors (Lipinski definition) is 1. The van der Waals surface area contributed by atoms with Gasteiger partial charge in [-0.1, -0.05) is 12.2 Å². The van der Waals surface area contributed by atoms with E-state index in [-0.39, 0.29) is 5.91 Å². The second-order valence-electron chi connectivity index (χ2n) is 3.36. The highest BCUT2D eigenvalue weighted by molar-refractivity contribution is 7.98. The van der Waals surface area contributed by atoms with Crippen molar-refractivity contribution in [2.45, 2.75) is 4.90 Å². The molecule has 86 valence electrons. The number of likely N-dealkylation sites (N-methyl/N-ethyl adjacent to an activating group) is 1. The fourth-order valence-electron chi connectivity index (χ4n) is 1.26. The van der Waals surface area contributed by atoms with Crippen LogP contribution in [0, 0.1) is 0 Å². The van der Waals surface area contributed by atoms with Crippen molar-refractivity contribution < 1.29 is 4.79 Å². The number of hydrogen-bond acceptors (Lipinski definition) is 3. The highest BCUT2D eigenvalue weighted by atomic mass is 32.2. The van der Waals surface area contributed by atoms with E-state index in [0.717, 1.165) is 4.90 Å². The van der Waals surface area contributed by atoms with Gasteiger partial charge in [-0.2, -0.15) is 0 Å². The minimum absolute atomic E-state index is 0.0690. The van der Waals surface area contributed by atoms with Crippen molar-refractivity contribution >= 4 is 34.9 Å². The van der Waals surface area contributed by atoms with Crippen molar-refractivity contribution in [1.29, 1.82) is 0 Å². The van der Waals surface area contributed by atoms with E-state index in [1.165, 1.54) is 4.90 Å². The monoisotopic (exact) mass is 254 g/mol. The number of amides is 1. The van der Waals surface area contributed by atoms with Crippen LogP contribution in [-0.2, 0) is 0 Å². The molecule has 3 nitrogen and oxygen atoms in total. The first-order valence-electron chi connectivity index (χ1n) is 4.72. The molecule has 0 aliphatic heterocycles. The maximum absolute atomic E-state index is 11.9. The quantitative estimate of drug-likeness (QED) is 0.657. The zero-order chi connectivity index (χ0) is 12.1. The largest absolute Gasteiger partial charge is 0.392 e. The Kier molecular flexibility index (Phi) is 4.76. The molecule has 1 amide bonds. The third-order valence-electron chi connectivity index (χ3n) is 2.08. The van der Waals surface area contributed by atoms with Crippen LogP contribution in [-0.4, -0.2) is 35.6 Å². The van der Waals surface area contributed by atoms with Crippen LogP contribution in [0.3, 0.4) is 0 Å². The molecule has 0 spiro atoms. The molecule has 5 heteroatoms. The Hall–Kier alpha value is -1.07. The second-order valence-corrected chi connectivity index (χ2v) is 4.76. The summed E-state index contributed by atoms with van der Waals surface area (Å²) in [6, 6.07) is 7.47. The lowest BCUT2D eigenvalue weighted by molar-refractivity contribution is 0.0815. The summed E-state index contributed by atoms with van der Waals surface area (Å²) in [5.74, 6) is -0.0690. The van der Waals surface area contributed by atoms with Crippen LogP contribution in [0.1, 0.15) is 10.4 Å². The highest BCUT2D eigenvalue weighted by Crippen LogP contribution is 2.15. The molecule has 0 aliphatic carbocycles. The van der Waals surface area contributed by atoms with Gasteiger partial charge >= 0.3 is 0 Å². The predicted octanol–water partition coefficient (Wildman–Crippen LogP) is 1.77. The molecule has 0 radical (unpaired) electrons. The Balaban J connectivity index is 2.75. The molecular formula is C11H14N2OS2. The standard InChI is InChI=1S/C11H14N2OS2/c1-13(7-10(12)15)11(14)8-3-5-9(16-2)6-4-8/h3-6H,7H2,1-2H3,(H2,12,15). The Bertz CT molecular complexity index is 389. The minimum atomic E-state index is -0.0690. The van der Waals surface area contributed by atoms with Crippen molar-refractivity contribution in [3.05, 3.63) is 29.8 Å². The SMILES string of the molecule is CSc1ccc(C(=O)N(C)CC(N)=S)cc1. The minimum Gasteiger partial charge on any atom is -0.392 e. The molecule has 16 heavy (non-hydrogen) atoms. The zero-order valence-corrected chi connectivity index (χ0v) is 10.9. The Morgan fingerprint density at radius 3 is 2.44 bits per heavy atom. The first-order chi connectivity index (χ1) is 7.54. The Morgan fingerprint density at radius 1 is 1.44 bits per heavy atom. The summed E-state index contributed by atoms with van der Waals surface area (Å²) in [4.78, 5) is 14.8. The maximum atomic E-state index is 11.9. The van der Waals surface area contributed by atoms with Crippen LogP contribution in [0.5, 0.6) is 0 Å². The van der Waals surface area contributed by atoms with Gasteiger partial charge in [0.1, 0.15) is 0 Å². The number of nitrogens with two attached hydrogens (primary N) is 1. The van der Waals surface area contributed by atoms with Crippen molar-refractivity contribution in [2.24, 2.45) is 5.73 Å². The van der Waals surface area contributed by atoms with Crippen molar-refractivity contribution in [3.8, 4) is 0 Å². The van der Waals surface area contributed by atoms with Crippen molar-refractivity contribution in [3.63, 3.8) is 0 Å². The Labute approximate surface area is 105 Å². The third-order valence-corrected chi connectivity index (χ3v) is 2.95. The molecule has 1 aromatic rings. The molecular weight excluding hydrogens is 240 g/mol. The topological polar surface area (TPSA) is 46.3 Å². The summed E-state index contributed by atoms with van der Waals surface area (Å²) >= 11 is 6.40. The van der Waals surface area contributed by atoms with E-state index in [9.17, 15) is 4.79 Å². The molecule has 0 aromatic heterocycles. The van der Waals surface area contributed by atoms with E-state index in [1.807, 2.05) is 30.5 Å². The summed E-state index contributed by atoms with van der Waals surface area (Å²) in [7, 11) is 1.68. The number of benzene rings is 1. The van der Waals surface area contributed by atoms with Gasteiger partial charge in [0.15, 0.2) is 0 Å². The first-order valence-corrected chi connectivity index (χ1v) is 6.35. The molecule has 1 aromatic carbocycles. The normalized spacial score (nSPS) is 9.88. The lowest BCUT2D eigenvalue weighted by Crippen LogP contribution is -2.34. The average Bonchev–Trinajstić information content (AvgIpc) is 2.27. The molecule has 0 aliphatic rings. The van der Waals surface area contributed by atoms with E-state index in [1.54, 1.807) is 18.8 Å². The molecule has 0 atom stereocenters.